The van der Waals surface area contributed by atoms with Gasteiger partial charge in [0.2, 0.25) is 0 Å². The summed E-state index contributed by atoms with van der Waals surface area (Å²) in [6.07, 6.45) is 7.27. The van der Waals surface area contributed by atoms with Crippen molar-refractivity contribution in [2.24, 2.45) is 0 Å². The van der Waals surface area contributed by atoms with Crippen molar-refractivity contribution in [1.82, 2.24) is 24.3 Å². The average Bonchev–Trinajstić information content (AvgIpc) is 3.53. The number of para-hydroxylation sites is 1. The first-order valence-corrected chi connectivity index (χ1v) is 12.8. The van der Waals surface area contributed by atoms with Crippen molar-refractivity contribution < 1.29 is 4.79 Å². The second kappa shape index (κ2) is 9.24. The highest BCUT2D eigenvalue weighted by molar-refractivity contribution is 6.19. The van der Waals surface area contributed by atoms with Gasteiger partial charge in [0, 0.05) is 47.9 Å². The molecular formula is C30H30N6O. The number of amides is 1. The largest absolute Gasteiger partial charge is 0.382 e. The molecule has 5 aromatic rings. The van der Waals surface area contributed by atoms with Gasteiger partial charge in [0.15, 0.2) is 0 Å². The molecular weight excluding hydrogens is 460 g/mol. The van der Waals surface area contributed by atoms with Gasteiger partial charge in [-0.3, -0.25) is 9.20 Å². The van der Waals surface area contributed by atoms with Crippen molar-refractivity contribution in [1.29, 1.82) is 0 Å². The number of anilines is 1. The number of benzene rings is 2. The number of nitrogen functional groups attached to an aromatic ring is 1. The predicted molar refractivity (Wildman–Crippen MR) is 148 cm³/mol. The maximum Gasteiger partial charge on any atom is 0.254 e. The van der Waals surface area contributed by atoms with Crippen molar-refractivity contribution in [3.8, 4) is 11.4 Å². The summed E-state index contributed by atoms with van der Waals surface area (Å²) >= 11 is 0. The Morgan fingerprint density at radius 3 is 2.62 bits per heavy atom. The number of nitrogens with two attached hydrogens (primary N) is 1. The van der Waals surface area contributed by atoms with Crippen LogP contribution >= 0.6 is 0 Å². The SMILES string of the molecule is C/C=C(/C(=O)N1CCC(c2nc(-c3cc4ccccc4[nH]3)c3c(N)nccn23)CC1)c1ccccc1C. The standard InChI is InChI=1S/C30H30N6O/c1-3-22(23-10-6-4-8-19(23)2)30(37)35-15-12-20(13-16-35)29-34-26(27-28(31)32-14-17-36(27)29)25-18-21-9-5-7-11-24(21)33-25/h3-11,14,17-18,20,33H,12-13,15-16H2,1-2H3,(H2,31,32)/b22-3+. The van der Waals surface area contributed by atoms with Gasteiger partial charge in [0.25, 0.3) is 5.91 Å². The second-order valence-electron chi connectivity index (χ2n) is 9.70. The lowest BCUT2D eigenvalue weighted by Crippen LogP contribution is -2.38. The number of likely N-dealkylation sites (tertiary alicyclic amines) is 1. The highest BCUT2D eigenvalue weighted by atomic mass is 16.2. The summed E-state index contributed by atoms with van der Waals surface area (Å²) in [5.74, 6) is 1.73. The Balaban J connectivity index is 1.29. The quantitative estimate of drug-likeness (QED) is 0.322. The van der Waals surface area contributed by atoms with Crippen molar-refractivity contribution in [2.45, 2.75) is 32.6 Å². The van der Waals surface area contributed by atoms with Gasteiger partial charge in [0.05, 0.1) is 5.69 Å². The van der Waals surface area contributed by atoms with Gasteiger partial charge in [0.1, 0.15) is 22.9 Å². The van der Waals surface area contributed by atoms with Crippen molar-refractivity contribution in [3.63, 3.8) is 0 Å². The Morgan fingerprint density at radius 2 is 1.86 bits per heavy atom. The minimum atomic E-state index is 0.0930. The molecule has 1 aliphatic rings. The fourth-order valence-corrected chi connectivity index (χ4v) is 5.54. The number of piperidine rings is 1. The normalized spacial score (nSPS) is 15.1. The number of rotatable bonds is 4. The lowest BCUT2D eigenvalue weighted by Gasteiger charge is -2.32. The van der Waals surface area contributed by atoms with E-state index in [0.29, 0.717) is 18.9 Å². The van der Waals surface area contributed by atoms with Gasteiger partial charge in [-0.25, -0.2) is 9.97 Å². The Labute approximate surface area is 215 Å². The van der Waals surface area contributed by atoms with E-state index in [-0.39, 0.29) is 11.8 Å². The maximum absolute atomic E-state index is 13.5. The van der Waals surface area contributed by atoms with E-state index >= 15 is 0 Å². The number of H-pyrrole nitrogens is 1. The zero-order chi connectivity index (χ0) is 25.5. The van der Waals surface area contributed by atoms with Crippen LogP contribution in [0.15, 0.2) is 73.1 Å². The van der Waals surface area contributed by atoms with E-state index in [2.05, 4.69) is 32.6 Å². The number of nitrogens with zero attached hydrogens (tertiary/aromatic N) is 4. The molecule has 0 bridgehead atoms. The number of carbonyl (C=O) groups excluding carboxylic acids is 1. The molecule has 0 atom stereocenters. The number of aryl methyl sites for hydroxylation is 1. The fraction of sp³-hybridized carbons (Fsp3) is 0.233. The summed E-state index contributed by atoms with van der Waals surface area (Å²) in [6, 6.07) is 18.4. The lowest BCUT2D eigenvalue weighted by molar-refractivity contribution is -0.126. The Morgan fingerprint density at radius 1 is 1.11 bits per heavy atom. The number of imidazole rings is 1. The van der Waals surface area contributed by atoms with Gasteiger partial charge >= 0.3 is 0 Å². The molecule has 0 spiro atoms. The number of hydrogen-bond acceptors (Lipinski definition) is 4. The van der Waals surface area contributed by atoms with Crippen LogP contribution in [0, 0.1) is 6.92 Å². The zero-order valence-electron chi connectivity index (χ0n) is 21.1. The van der Waals surface area contributed by atoms with Gasteiger partial charge in [-0.15, -0.1) is 0 Å². The van der Waals surface area contributed by atoms with E-state index in [1.807, 2.05) is 67.4 Å². The van der Waals surface area contributed by atoms with E-state index in [9.17, 15) is 4.79 Å². The van der Waals surface area contributed by atoms with Gasteiger partial charge < -0.3 is 15.6 Å². The molecule has 7 nitrogen and oxygen atoms in total. The smallest absolute Gasteiger partial charge is 0.254 e. The molecule has 1 saturated heterocycles. The first-order valence-electron chi connectivity index (χ1n) is 12.8. The molecule has 0 unspecified atom stereocenters. The summed E-state index contributed by atoms with van der Waals surface area (Å²) in [6.45, 7) is 5.36. The minimum Gasteiger partial charge on any atom is -0.382 e. The van der Waals surface area contributed by atoms with Crippen LogP contribution in [0.2, 0.25) is 0 Å². The van der Waals surface area contributed by atoms with Crippen LogP contribution in [0.5, 0.6) is 0 Å². The van der Waals surface area contributed by atoms with Crippen LogP contribution in [0.4, 0.5) is 5.82 Å². The van der Waals surface area contributed by atoms with E-state index < -0.39 is 0 Å². The zero-order valence-corrected chi connectivity index (χ0v) is 21.1. The first kappa shape index (κ1) is 23.0. The summed E-state index contributed by atoms with van der Waals surface area (Å²) in [7, 11) is 0. The molecule has 3 aromatic heterocycles. The Bertz CT molecular complexity index is 1620. The first-order chi connectivity index (χ1) is 18.0. The molecule has 186 valence electrons. The lowest BCUT2D eigenvalue weighted by atomic mass is 9.94. The number of carbonyl (C=O) groups is 1. The van der Waals surface area contributed by atoms with E-state index in [4.69, 9.17) is 10.7 Å². The monoisotopic (exact) mass is 490 g/mol. The number of hydrogen-bond donors (Lipinski definition) is 2. The van der Waals surface area contributed by atoms with Crippen LogP contribution in [0.1, 0.15) is 42.6 Å². The molecule has 7 heteroatoms. The van der Waals surface area contributed by atoms with Crippen molar-refractivity contribution in [2.75, 3.05) is 18.8 Å². The molecule has 2 aromatic carbocycles. The third kappa shape index (κ3) is 3.96. The van der Waals surface area contributed by atoms with Crippen molar-refractivity contribution in [3.05, 3.63) is 90.0 Å². The van der Waals surface area contributed by atoms with Gasteiger partial charge in [-0.1, -0.05) is 48.5 Å². The van der Waals surface area contributed by atoms with Crippen LogP contribution in [0.3, 0.4) is 0 Å². The average molecular weight is 491 g/mol. The minimum absolute atomic E-state index is 0.0930. The molecule has 0 saturated carbocycles. The third-order valence-corrected chi connectivity index (χ3v) is 7.50. The number of nitrogens with one attached hydrogen (secondary N) is 1. The van der Waals surface area contributed by atoms with E-state index in [1.54, 1.807) is 6.20 Å². The summed E-state index contributed by atoms with van der Waals surface area (Å²) in [4.78, 5) is 28.4. The molecule has 6 rings (SSSR count). The molecule has 1 aliphatic heterocycles. The summed E-state index contributed by atoms with van der Waals surface area (Å²) < 4.78 is 2.08. The fourth-order valence-electron chi connectivity index (χ4n) is 5.54. The van der Waals surface area contributed by atoms with E-state index in [1.165, 1.54) is 0 Å². The van der Waals surface area contributed by atoms with Crippen LogP contribution < -0.4 is 5.73 Å². The highest BCUT2D eigenvalue weighted by Gasteiger charge is 2.30. The van der Waals surface area contributed by atoms with Crippen LogP contribution in [-0.4, -0.2) is 43.2 Å². The number of fused-ring (bicyclic) bond motifs is 2. The molecule has 4 heterocycles. The number of aromatic amines is 1. The summed E-state index contributed by atoms with van der Waals surface area (Å²) in [5, 5.41) is 1.13. The molecule has 0 aliphatic carbocycles. The Kier molecular flexibility index (Phi) is 5.75. The Hall–Kier alpha value is -4.39. The third-order valence-electron chi connectivity index (χ3n) is 7.50. The molecule has 1 fully saturated rings. The number of aromatic nitrogens is 4. The molecule has 37 heavy (non-hydrogen) atoms. The molecule has 1 amide bonds. The predicted octanol–water partition coefficient (Wildman–Crippen LogP) is 5.58. The second-order valence-corrected chi connectivity index (χ2v) is 9.70. The van der Waals surface area contributed by atoms with Crippen LogP contribution in [0.25, 0.3) is 33.4 Å². The summed E-state index contributed by atoms with van der Waals surface area (Å²) in [5.41, 5.74) is 12.9. The number of allylic oxidation sites excluding steroid dienone is 1. The molecule has 3 N–H and O–H groups in total. The highest BCUT2D eigenvalue weighted by Crippen LogP contribution is 2.35. The van der Waals surface area contributed by atoms with Crippen molar-refractivity contribution >= 4 is 33.7 Å². The maximum atomic E-state index is 13.5. The van der Waals surface area contributed by atoms with Gasteiger partial charge in [-0.2, -0.15) is 0 Å². The topological polar surface area (TPSA) is 92.3 Å². The van der Waals surface area contributed by atoms with Gasteiger partial charge in [-0.05, 0) is 49.9 Å². The van der Waals surface area contributed by atoms with E-state index in [0.717, 1.165) is 63.2 Å². The van der Waals surface area contributed by atoms with Crippen LogP contribution in [-0.2, 0) is 4.79 Å². The molecule has 0 radical (unpaired) electrons.